The maximum Gasteiger partial charge on any atom is 0.256 e. The van der Waals surface area contributed by atoms with Crippen molar-refractivity contribution in [3.8, 4) is 0 Å². The van der Waals surface area contributed by atoms with Crippen LogP contribution in [0.3, 0.4) is 0 Å². The number of carbonyl (C=O) groups excluding carboxylic acids is 1. The molecule has 1 aromatic carbocycles. The van der Waals surface area contributed by atoms with E-state index in [-0.39, 0.29) is 12.0 Å². The predicted molar refractivity (Wildman–Crippen MR) is 63.6 cm³/mol. The van der Waals surface area contributed by atoms with Crippen molar-refractivity contribution in [2.45, 2.75) is 25.9 Å². The molecule has 0 radical (unpaired) electrons. The number of fused-ring (bicyclic) bond motifs is 1. The molecule has 0 spiro atoms. The molecule has 0 aromatic heterocycles. The average molecular weight is 219 g/mol. The topological polar surface area (TPSA) is 29.5 Å². The highest BCUT2D eigenvalue weighted by Crippen LogP contribution is 2.27. The van der Waals surface area contributed by atoms with Crippen LogP contribution in [0.25, 0.3) is 0 Å². The minimum Gasteiger partial charge on any atom is -0.368 e. The lowest BCUT2D eigenvalue weighted by Gasteiger charge is -2.31. The number of nitrogens with zero attached hydrogens (tertiary/aromatic N) is 1. The van der Waals surface area contributed by atoms with Crippen molar-refractivity contribution in [2.75, 3.05) is 18.6 Å². The van der Waals surface area contributed by atoms with E-state index in [1.165, 1.54) is 5.56 Å². The minimum absolute atomic E-state index is 0.0622. The molecule has 16 heavy (non-hydrogen) atoms. The quantitative estimate of drug-likeness (QED) is 0.778. The number of benzene rings is 1. The Balaban J connectivity index is 2.21. The molecular formula is C13H17NO2. The summed E-state index contributed by atoms with van der Waals surface area (Å²) in [7, 11) is 1.81. The zero-order valence-corrected chi connectivity index (χ0v) is 9.77. The van der Waals surface area contributed by atoms with E-state index in [1.807, 2.05) is 32.2 Å². The Hall–Kier alpha value is -1.35. The lowest BCUT2D eigenvalue weighted by molar-refractivity contribution is -0.130. The lowest BCUT2D eigenvalue weighted by Crippen LogP contribution is -2.43. The Kier molecular flexibility index (Phi) is 3.25. The van der Waals surface area contributed by atoms with Gasteiger partial charge in [-0.25, -0.2) is 0 Å². The van der Waals surface area contributed by atoms with Gasteiger partial charge in [0.1, 0.15) is 6.10 Å². The Bertz CT molecular complexity index is 389. The lowest BCUT2D eigenvalue weighted by atomic mass is 9.99. The molecule has 86 valence electrons. The standard InChI is InChI=1S/C13H17NO2/c1-3-8-16-12-9-10-6-4-5-7-11(10)14(2)13(12)15/h4-7,12H,3,8-9H2,1-2H3. The highest BCUT2D eigenvalue weighted by atomic mass is 16.5. The number of hydrogen-bond donors (Lipinski definition) is 0. The van der Waals surface area contributed by atoms with Crippen molar-refractivity contribution in [1.82, 2.24) is 0 Å². The molecule has 1 atom stereocenters. The average Bonchev–Trinajstić information content (AvgIpc) is 2.32. The van der Waals surface area contributed by atoms with Gasteiger partial charge < -0.3 is 9.64 Å². The number of carbonyl (C=O) groups is 1. The van der Waals surface area contributed by atoms with Crippen LogP contribution in [-0.2, 0) is 16.0 Å². The highest BCUT2D eigenvalue weighted by Gasteiger charge is 2.30. The van der Waals surface area contributed by atoms with Crippen molar-refractivity contribution in [2.24, 2.45) is 0 Å². The molecule has 1 aliphatic heterocycles. The largest absolute Gasteiger partial charge is 0.368 e. The summed E-state index contributed by atoms with van der Waals surface area (Å²) in [6, 6.07) is 7.99. The van der Waals surface area contributed by atoms with Crippen LogP contribution in [0.1, 0.15) is 18.9 Å². The van der Waals surface area contributed by atoms with E-state index in [0.29, 0.717) is 13.0 Å². The zero-order valence-electron chi connectivity index (χ0n) is 9.77. The molecule has 0 aliphatic carbocycles. The summed E-state index contributed by atoms with van der Waals surface area (Å²) in [5, 5.41) is 0. The van der Waals surface area contributed by atoms with E-state index < -0.39 is 0 Å². The Morgan fingerprint density at radius 2 is 2.19 bits per heavy atom. The number of anilines is 1. The van der Waals surface area contributed by atoms with Gasteiger partial charge in [-0.1, -0.05) is 25.1 Å². The van der Waals surface area contributed by atoms with Crippen molar-refractivity contribution in [3.05, 3.63) is 29.8 Å². The molecule has 0 saturated carbocycles. The molecule has 2 rings (SSSR count). The van der Waals surface area contributed by atoms with Crippen LogP contribution >= 0.6 is 0 Å². The fourth-order valence-electron chi connectivity index (χ4n) is 2.02. The van der Waals surface area contributed by atoms with Crippen LogP contribution in [0.4, 0.5) is 5.69 Å². The SMILES string of the molecule is CCCOC1Cc2ccccc2N(C)C1=O. The third kappa shape index (κ3) is 1.95. The summed E-state index contributed by atoms with van der Waals surface area (Å²) in [4.78, 5) is 13.7. The number of rotatable bonds is 3. The highest BCUT2D eigenvalue weighted by molar-refractivity contribution is 5.99. The Labute approximate surface area is 96.0 Å². The van der Waals surface area contributed by atoms with E-state index in [2.05, 4.69) is 6.07 Å². The van der Waals surface area contributed by atoms with Crippen molar-refractivity contribution >= 4 is 11.6 Å². The fourth-order valence-corrected chi connectivity index (χ4v) is 2.02. The molecule has 0 saturated heterocycles. The summed E-state index contributed by atoms with van der Waals surface area (Å²) < 4.78 is 5.58. The molecular weight excluding hydrogens is 202 g/mol. The van der Waals surface area contributed by atoms with Gasteiger partial charge in [-0.05, 0) is 18.1 Å². The maximum atomic E-state index is 12.0. The molecule has 3 nitrogen and oxygen atoms in total. The number of para-hydroxylation sites is 1. The van der Waals surface area contributed by atoms with Crippen LogP contribution < -0.4 is 4.90 Å². The second-order valence-corrected chi connectivity index (χ2v) is 4.09. The van der Waals surface area contributed by atoms with E-state index >= 15 is 0 Å². The van der Waals surface area contributed by atoms with E-state index in [9.17, 15) is 4.79 Å². The van der Waals surface area contributed by atoms with Crippen molar-refractivity contribution in [3.63, 3.8) is 0 Å². The zero-order chi connectivity index (χ0) is 11.5. The monoisotopic (exact) mass is 219 g/mol. The van der Waals surface area contributed by atoms with Crippen LogP contribution in [-0.4, -0.2) is 25.7 Å². The summed E-state index contributed by atoms with van der Waals surface area (Å²) in [5.41, 5.74) is 2.19. The third-order valence-corrected chi connectivity index (χ3v) is 2.89. The molecule has 0 N–H and O–H groups in total. The van der Waals surface area contributed by atoms with E-state index in [1.54, 1.807) is 4.90 Å². The van der Waals surface area contributed by atoms with Crippen LogP contribution in [0.2, 0.25) is 0 Å². The smallest absolute Gasteiger partial charge is 0.256 e. The number of amides is 1. The van der Waals surface area contributed by atoms with Crippen LogP contribution in [0, 0.1) is 0 Å². The van der Waals surface area contributed by atoms with Crippen molar-refractivity contribution < 1.29 is 9.53 Å². The predicted octanol–water partition coefficient (Wildman–Crippen LogP) is 2.00. The molecule has 1 amide bonds. The minimum atomic E-state index is -0.306. The van der Waals surface area contributed by atoms with Gasteiger partial charge in [0.25, 0.3) is 5.91 Å². The van der Waals surface area contributed by atoms with E-state index in [4.69, 9.17) is 4.74 Å². The van der Waals surface area contributed by atoms with Gasteiger partial charge in [-0.3, -0.25) is 4.79 Å². The van der Waals surface area contributed by atoms with Crippen LogP contribution in [0.15, 0.2) is 24.3 Å². The summed E-state index contributed by atoms with van der Waals surface area (Å²) in [6.45, 7) is 2.69. The van der Waals surface area contributed by atoms with Gasteiger partial charge in [0.15, 0.2) is 0 Å². The molecule has 1 heterocycles. The molecule has 1 unspecified atom stereocenters. The van der Waals surface area contributed by atoms with Crippen LogP contribution in [0.5, 0.6) is 0 Å². The number of hydrogen-bond acceptors (Lipinski definition) is 2. The second-order valence-electron chi connectivity index (χ2n) is 4.09. The Morgan fingerprint density at radius 1 is 1.44 bits per heavy atom. The first-order chi connectivity index (χ1) is 7.74. The van der Waals surface area contributed by atoms with Gasteiger partial charge in [0, 0.05) is 25.8 Å². The van der Waals surface area contributed by atoms with Gasteiger partial charge in [-0.2, -0.15) is 0 Å². The summed E-state index contributed by atoms with van der Waals surface area (Å²) in [6.07, 6.45) is 1.33. The molecule has 0 fully saturated rings. The number of ether oxygens (including phenoxy) is 1. The molecule has 3 heteroatoms. The summed E-state index contributed by atoms with van der Waals surface area (Å²) in [5.74, 6) is 0.0622. The maximum absolute atomic E-state index is 12.0. The van der Waals surface area contributed by atoms with Crippen molar-refractivity contribution in [1.29, 1.82) is 0 Å². The van der Waals surface area contributed by atoms with Gasteiger partial charge >= 0.3 is 0 Å². The van der Waals surface area contributed by atoms with Gasteiger partial charge in [0.05, 0.1) is 0 Å². The molecule has 1 aromatic rings. The summed E-state index contributed by atoms with van der Waals surface area (Å²) >= 11 is 0. The third-order valence-electron chi connectivity index (χ3n) is 2.89. The van der Waals surface area contributed by atoms with Gasteiger partial charge in [0.2, 0.25) is 0 Å². The molecule has 1 aliphatic rings. The Morgan fingerprint density at radius 3 is 2.94 bits per heavy atom. The molecule has 0 bridgehead atoms. The normalized spacial score (nSPS) is 19.8. The first kappa shape index (κ1) is 11.1. The van der Waals surface area contributed by atoms with Gasteiger partial charge in [-0.15, -0.1) is 0 Å². The fraction of sp³-hybridized carbons (Fsp3) is 0.462. The first-order valence-electron chi connectivity index (χ1n) is 5.71. The second kappa shape index (κ2) is 4.66. The number of likely N-dealkylation sites (N-methyl/N-ethyl adjacent to an activating group) is 1. The first-order valence-corrected chi connectivity index (χ1v) is 5.71. The van der Waals surface area contributed by atoms with E-state index in [0.717, 1.165) is 12.1 Å².